The first-order valence-corrected chi connectivity index (χ1v) is 9.39. The van der Waals surface area contributed by atoms with Crippen LogP contribution in [0.5, 0.6) is 0 Å². The van der Waals surface area contributed by atoms with E-state index in [-0.39, 0.29) is 12.5 Å². The monoisotopic (exact) mass is 399 g/mol. The van der Waals surface area contributed by atoms with E-state index in [0.29, 0.717) is 36.3 Å². The van der Waals surface area contributed by atoms with Crippen LogP contribution in [-0.4, -0.2) is 42.0 Å². The number of carbonyl (C=O) groups excluding carboxylic acids is 3. The van der Waals surface area contributed by atoms with Crippen LogP contribution in [-0.2, 0) is 9.53 Å². The summed E-state index contributed by atoms with van der Waals surface area (Å²) in [6.07, 6.45) is 1.25. The van der Waals surface area contributed by atoms with Gasteiger partial charge in [0.05, 0.1) is 12.2 Å². The smallest absolute Gasteiger partial charge is 0.338 e. The topological polar surface area (TPSA) is 87.7 Å². The lowest BCUT2D eigenvalue weighted by atomic mass is 10.1. The van der Waals surface area contributed by atoms with Crippen LogP contribution in [0, 0.1) is 5.82 Å². The second kappa shape index (κ2) is 9.18. The van der Waals surface area contributed by atoms with Gasteiger partial charge in [0.15, 0.2) is 0 Å². The van der Waals surface area contributed by atoms with Gasteiger partial charge in [-0.1, -0.05) is 0 Å². The van der Waals surface area contributed by atoms with Gasteiger partial charge in [-0.25, -0.2) is 14.0 Å². The molecule has 0 spiro atoms. The minimum absolute atomic E-state index is 0.287. The maximum atomic E-state index is 13.0. The number of nitrogens with one attached hydrogen (secondary N) is 2. The molecule has 3 rings (SSSR count). The lowest BCUT2D eigenvalue weighted by Crippen LogP contribution is -2.45. The summed E-state index contributed by atoms with van der Waals surface area (Å²) in [6, 6.07) is 10.8. The van der Waals surface area contributed by atoms with E-state index in [2.05, 4.69) is 10.6 Å². The van der Waals surface area contributed by atoms with Crippen LogP contribution in [0.3, 0.4) is 0 Å². The zero-order valence-electron chi connectivity index (χ0n) is 16.0. The Kier molecular flexibility index (Phi) is 6.43. The lowest BCUT2D eigenvalue weighted by Gasteiger charge is -2.24. The molecule has 0 aromatic heterocycles. The lowest BCUT2D eigenvalue weighted by molar-refractivity contribution is -0.119. The second-order valence-electron chi connectivity index (χ2n) is 6.58. The van der Waals surface area contributed by atoms with Crippen LogP contribution < -0.4 is 10.6 Å². The standard InChI is InChI=1S/C21H22FN3O4/c1-2-29-20(27)14-5-9-16(10-6-14)23-19(26)18-4-3-13-25(18)21(28)24-17-11-7-15(22)8-12-17/h5-12,18H,2-4,13H2,1H3,(H,23,26)(H,24,28)/t18-/m1/s1. The van der Waals surface area contributed by atoms with Gasteiger partial charge < -0.3 is 20.3 Å². The molecule has 0 bridgehead atoms. The third kappa shape index (κ3) is 5.10. The number of urea groups is 1. The molecule has 1 fully saturated rings. The minimum Gasteiger partial charge on any atom is -0.462 e. The molecule has 2 N–H and O–H groups in total. The molecule has 7 nitrogen and oxygen atoms in total. The van der Waals surface area contributed by atoms with Gasteiger partial charge in [-0.2, -0.15) is 0 Å². The van der Waals surface area contributed by atoms with Crippen molar-refractivity contribution in [2.75, 3.05) is 23.8 Å². The van der Waals surface area contributed by atoms with Crippen molar-refractivity contribution in [3.05, 3.63) is 59.9 Å². The molecule has 0 saturated carbocycles. The minimum atomic E-state index is -0.611. The summed E-state index contributed by atoms with van der Waals surface area (Å²) in [7, 11) is 0. The van der Waals surface area contributed by atoms with Crippen molar-refractivity contribution in [3.8, 4) is 0 Å². The molecule has 2 aromatic carbocycles. The molecule has 1 aliphatic rings. The van der Waals surface area contributed by atoms with Crippen molar-refractivity contribution in [1.29, 1.82) is 0 Å². The van der Waals surface area contributed by atoms with Gasteiger partial charge in [-0.3, -0.25) is 4.79 Å². The third-order valence-corrected chi connectivity index (χ3v) is 4.58. The molecule has 8 heteroatoms. The number of likely N-dealkylation sites (tertiary alicyclic amines) is 1. The number of nitrogens with zero attached hydrogens (tertiary/aromatic N) is 1. The molecular formula is C21H22FN3O4. The number of hydrogen-bond acceptors (Lipinski definition) is 4. The molecule has 0 unspecified atom stereocenters. The number of ether oxygens (including phenoxy) is 1. The Hall–Kier alpha value is -3.42. The number of benzene rings is 2. The van der Waals surface area contributed by atoms with E-state index in [9.17, 15) is 18.8 Å². The Labute approximate surface area is 167 Å². The number of rotatable bonds is 5. The van der Waals surface area contributed by atoms with Gasteiger partial charge in [-0.05, 0) is 68.3 Å². The highest BCUT2D eigenvalue weighted by Gasteiger charge is 2.34. The Bertz CT molecular complexity index is 884. The van der Waals surface area contributed by atoms with Crippen molar-refractivity contribution in [2.45, 2.75) is 25.8 Å². The van der Waals surface area contributed by atoms with Gasteiger partial charge >= 0.3 is 12.0 Å². The molecule has 3 amide bonds. The first-order chi connectivity index (χ1) is 14.0. The zero-order valence-corrected chi connectivity index (χ0v) is 16.0. The van der Waals surface area contributed by atoms with Crippen molar-refractivity contribution in [2.24, 2.45) is 0 Å². The fourth-order valence-electron chi connectivity index (χ4n) is 3.14. The zero-order chi connectivity index (χ0) is 20.8. The average molecular weight is 399 g/mol. The van der Waals surface area contributed by atoms with Crippen molar-refractivity contribution in [3.63, 3.8) is 0 Å². The van der Waals surface area contributed by atoms with E-state index in [1.165, 1.54) is 29.2 Å². The normalized spacial score (nSPS) is 15.7. The fourth-order valence-corrected chi connectivity index (χ4v) is 3.14. The largest absolute Gasteiger partial charge is 0.462 e. The number of carbonyl (C=O) groups is 3. The summed E-state index contributed by atoms with van der Waals surface area (Å²) < 4.78 is 17.9. The summed E-state index contributed by atoms with van der Waals surface area (Å²) in [4.78, 5) is 38.4. The van der Waals surface area contributed by atoms with E-state index < -0.39 is 23.9 Å². The molecule has 1 aliphatic heterocycles. The second-order valence-corrected chi connectivity index (χ2v) is 6.58. The van der Waals surface area contributed by atoms with Crippen molar-refractivity contribution < 1.29 is 23.5 Å². The van der Waals surface area contributed by atoms with E-state index >= 15 is 0 Å². The first kappa shape index (κ1) is 20.3. The highest BCUT2D eigenvalue weighted by molar-refractivity contribution is 6.00. The van der Waals surface area contributed by atoms with Crippen LogP contribution in [0.4, 0.5) is 20.6 Å². The molecule has 152 valence electrons. The van der Waals surface area contributed by atoms with Gasteiger partial charge in [0.2, 0.25) is 5.91 Å². The highest BCUT2D eigenvalue weighted by Crippen LogP contribution is 2.21. The Morgan fingerprint density at radius 3 is 2.31 bits per heavy atom. The summed E-state index contributed by atoms with van der Waals surface area (Å²) in [6.45, 7) is 2.47. The predicted molar refractivity (Wildman–Crippen MR) is 106 cm³/mol. The number of amides is 3. The van der Waals surface area contributed by atoms with E-state index in [1.54, 1.807) is 31.2 Å². The van der Waals surface area contributed by atoms with Crippen molar-refractivity contribution >= 4 is 29.3 Å². The maximum absolute atomic E-state index is 13.0. The molecular weight excluding hydrogens is 377 g/mol. The Balaban J connectivity index is 1.61. The summed E-state index contributed by atoms with van der Waals surface area (Å²) in [5, 5.41) is 5.46. The van der Waals surface area contributed by atoms with Crippen molar-refractivity contribution in [1.82, 2.24) is 4.90 Å². The molecule has 0 radical (unpaired) electrons. The number of esters is 1. The average Bonchev–Trinajstić information content (AvgIpc) is 3.21. The molecule has 1 heterocycles. The summed E-state index contributed by atoms with van der Waals surface area (Å²) >= 11 is 0. The Morgan fingerprint density at radius 2 is 1.66 bits per heavy atom. The quantitative estimate of drug-likeness (QED) is 0.752. The van der Waals surface area contributed by atoms with Gasteiger partial charge in [0.1, 0.15) is 11.9 Å². The number of halogens is 1. The maximum Gasteiger partial charge on any atom is 0.338 e. The van der Waals surface area contributed by atoms with Crippen LogP contribution in [0.1, 0.15) is 30.1 Å². The van der Waals surface area contributed by atoms with Crippen LogP contribution in [0.2, 0.25) is 0 Å². The fraction of sp³-hybridized carbons (Fsp3) is 0.286. The predicted octanol–water partition coefficient (Wildman–Crippen LogP) is 3.64. The van der Waals surface area contributed by atoms with Crippen LogP contribution >= 0.6 is 0 Å². The van der Waals surface area contributed by atoms with Gasteiger partial charge in [-0.15, -0.1) is 0 Å². The van der Waals surface area contributed by atoms with E-state index in [4.69, 9.17) is 4.74 Å². The molecule has 29 heavy (non-hydrogen) atoms. The third-order valence-electron chi connectivity index (χ3n) is 4.58. The van der Waals surface area contributed by atoms with Crippen LogP contribution in [0.25, 0.3) is 0 Å². The Morgan fingerprint density at radius 1 is 1.03 bits per heavy atom. The molecule has 2 aromatic rings. The van der Waals surface area contributed by atoms with Gasteiger partial charge in [0, 0.05) is 17.9 Å². The molecule has 1 saturated heterocycles. The number of hydrogen-bond donors (Lipinski definition) is 2. The van der Waals surface area contributed by atoms with Crippen LogP contribution in [0.15, 0.2) is 48.5 Å². The van der Waals surface area contributed by atoms with Gasteiger partial charge in [0.25, 0.3) is 0 Å². The highest BCUT2D eigenvalue weighted by atomic mass is 19.1. The van der Waals surface area contributed by atoms with E-state index in [1.807, 2.05) is 0 Å². The molecule has 0 aliphatic carbocycles. The summed E-state index contributed by atoms with van der Waals surface area (Å²) in [5.41, 5.74) is 1.37. The SMILES string of the molecule is CCOC(=O)c1ccc(NC(=O)[C@H]2CCCN2C(=O)Nc2ccc(F)cc2)cc1. The first-order valence-electron chi connectivity index (χ1n) is 9.39. The number of anilines is 2. The summed E-state index contributed by atoms with van der Waals surface area (Å²) in [5.74, 6) is -1.12. The molecule has 1 atom stereocenters. The van der Waals surface area contributed by atoms with E-state index in [0.717, 1.165) is 0 Å².